The molecule has 0 spiro atoms. The van der Waals surface area contributed by atoms with Gasteiger partial charge in [0, 0.05) is 26.0 Å². The van der Waals surface area contributed by atoms with Crippen molar-refractivity contribution in [3.63, 3.8) is 0 Å². The van der Waals surface area contributed by atoms with Crippen LogP contribution in [-0.2, 0) is 0 Å². The zero-order valence-corrected chi connectivity index (χ0v) is 12.7. The molecule has 1 aromatic rings. The van der Waals surface area contributed by atoms with Crippen LogP contribution in [0.15, 0.2) is 15.9 Å². The molecule has 0 saturated heterocycles. The minimum absolute atomic E-state index is 0.233. The monoisotopic (exact) mass is 319 g/mol. The standard InChI is InChI=1S/C12H18BrNS2/c1-8(14)12(11-6-9(13)7-15-11)16-10-4-2-3-5-10/h6-8,10,12H,2-5,14H2,1H3. The molecule has 1 aliphatic rings. The lowest BCUT2D eigenvalue weighted by molar-refractivity contribution is 0.722. The fourth-order valence-corrected chi connectivity index (χ4v) is 5.50. The van der Waals surface area contributed by atoms with Gasteiger partial charge in [0.1, 0.15) is 0 Å². The molecule has 90 valence electrons. The molecule has 2 unspecified atom stereocenters. The Hall–Kier alpha value is 0.490. The summed E-state index contributed by atoms with van der Waals surface area (Å²) >= 11 is 7.44. The molecule has 0 bridgehead atoms. The summed E-state index contributed by atoms with van der Waals surface area (Å²) in [5.74, 6) is 0. The first kappa shape index (κ1) is 12.9. The molecular formula is C12H18BrNS2. The van der Waals surface area contributed by atoms with Gasteiger partial charge in [-0.15, -0.1) is 23.1 Å². The highest BCUT2D eigenvalue weighted by molar-refractivity contribution is 9.10. The van der Waals surface area contributed by atoms with Crippen molar-refractivity contribution in [3.8, 4) is 0 Å². The van der Waals surface area contributed by atoms with Crippen molar-refractivity contribution in [3.05, 3.63) is 20.8 Å². The second kappa shape index (κ2) is 5.89. The predicted octanol–water partition coefficient (Wildman–Crippen LogP) is 4.57. The third-order valence-corrected chi connectivity index (χ3v) is 6.75. The summed E-state index contributed by atoms with van der Waals surface area (Å²) < 4.78 is 1.19. The minimum Gasteiger partial charge on any atom is -0.327 e. The molecule has 1 heterocycles. The molecule has 0 amide bonds. The molecule has 16 heavy (non-hydrogen) atoms. The normalized spacial score (nSPS) is 21.2. The Balaban J connectivity index is 2.04. The summed E-state index contributed by atoms with van der Waals surface area (Å²) in [6.07, 6.45) is 5.55. The first-order valence-corrected chi connectivity index (χ1v) is 8.43. The van der Waals surface area contributed by atoms with Crippen LogP contribution in [0.3, 0.4) is 0 Å². The van der Waals surface area contributed by atoms with E-state index in [1.165, 1.54) is 35.0 Å². The number of thioether (sulfide) groups is 1. The van der Waals surface area contributed by atoms with Crippen LogP contribution in [0.1, 0.15) is 42.7 Å². The number of thiophene rings is 1. The summed E-state index contributed by atoms with van der Waals surface area (Å²) in [6, 6.07) is 2.46. The van der Waals surface area contributed by atoms with Crippen molar-refractivity contribution in [2.24, 2.45) is 5.73 Å². The molecule has 1 saturated carbocycles. The molecular weight excluding hydrogens is 302 g/mol. The molecule has 1 fully saturated rings. The maximum Gasteiger partial charge on any atom is 0.0542 e. The van der Waals surface area contributed by atoms with E-state index in [1.54, 1.807) is 0 Å². The van der Waals surface area contributed by atoms with Crippen LogP contribution in [0, 0.1) is 0 Å². The third kappa shape index (κ3) is 3.25. The summed E-state index contributed by atoms with van der Waals surface area (Å²) in [6.45, 7) is 2.13. The number of rotatable bonds is 4. The van der Waals surface area contributed by atoms with E-state index in [9.17, 15) is 0 Å². The van der Waals surface area contributed by atoms with Crippen molar-refractivity contribution in [1.82, 2.24) is 0 Å². The zero-order valence-electron chi connectivity index (χ0n) is 9.49. The van der Waals surface area contributed by atoms with E-state index in [4.69, 9.17) is 5.73 Å². The van der Waals surface area contributed by atoms with Gasteiger partial charge in [0.2, 0.25) is 0 Å². The lowest BCUT2D eigenvalue weighted by Crippen LogP contribution is -2.23. The van der Waals surface area contributed by atoms with E-state index in [-0.39, 0.29) is 6.04 Å². The minimum atomic E-state index is 0.233. The maximum atomic E-state index is 6.13. The second-order valence-electron chi connectivity index (χ2n) is 4.49. The van der Waals surface area contributed by atoms with E-state index in [1.807, 2.05) is 11.3 Å². The zero-order chi connectivity index (χ0) is 11.5. The summed E-state index contributed by atoms with van der Waals surface area (Å²) in [5, 5.41) is 3.45. The van der Waals surface area contributed by atoms with Crippen molar-refractivity contribution in [2.75, 3.05) is 0 Å². The molecule has 0 aromatic carbocycles. The topological polar surface area (TPSA) is 26.0 Å². The van der Waals surface area contributed by atoms with Gasteiger partial charge in [0.05, 0.1) is 5.25 Å². The largest absolute Gasteiger partial charge is 0.327 e. The maximum absolute atomic E-state index is 6.13. The van der Waals surface area contributed by atoms with Crippen LogP contribution in [0.5, 0.6) is 0 Å². The highest BCUT2D eigenvalue weighted by Crippen LogP contribution is 2.43. The Labute approximate surface area is 114 Å². The van der Waals surface area contributed by atoms with Crippen LogP contribution >= 0.6 is 39.0 Å². The highest BCUT2D eigenvalue weighted by atomic mass is 79.9. The Kier molecular flexibility index (Phi) is 4.76. The Morgan fingerprint density at radius 2 is 2.19 bits per heavy atom. The highest BCUT2D eigenvalue weighted by Gasteiger charge is 2.25. The summed E-state index contributed by atoms with van der Waals surface area (Å²) in [4.78, 5) is 1.42. The lowest BCUT2D eigenvalue weighted by Gasteiger charge is -2.22. The van der Waals surface area contributed by atoms with Gasteiger partial charge in [-0.3, -0.25) is 0 Å². The van der Waals surface area contributed by atoms with E-state index in [0.717, 1.165) is 5.25 Å². The van der Waals surface area contributed by atoms with E-state index in [2.05, 4.69) is 46.1 Å². The molecule has 1 aromatic heterocycles. The van der Waals surface area contributed by atoms with Crippen molar-refractivity contribution < 1.29 is 0 Å². The van der Waals surface area contributed by atoms with E-state index >= 15 is 0 Å². The number of hydrogen-bond acceptors (Lipinski definition) is 3. The van der Waals surface area contributed by atoms with Gasteiger partial charge in [-0.2, -0.15) is 0 Å². The van der Waals surface area contributed by atoms with E-state index in [0.29, 0.717) is 5.25 Å². The number of nitrogens with two attached hydrogens (primary N) is 1. The van der Waals surface area contributed by atoms with Crippen LogP contribution in [-0.4, -0.2) is 11.3 Å². The molecule has 0 aliphatic heterocycles. The van der Waals surface area contributed by atoms with Gasteiger partial charge in [-0.1, -0.05) is 12.8 Å². The van der Waals surface area contributed by atoms with Gasteiger partial charge >= 0.3 is 0 Å². The average molecular weight is 320 g/mol. The average Bonchev–Trinajstić information content (AvgIpc) is 2.84. The molecule has 1 nitrogen and oxygen atoms in total. The fourth-order valence-electron chi connectivity index (χ4n) is 2.16. The van der Waals surface area contributed by atoms with Crippen LogP contribution in [0.2, 0.25) is 0 Å². The van der Waals surface area contributed by atoms with Gasteiger partial charge in [-0.05, 0) is 41.8 Å². The van der Waals surface area contributed by atoms with Crippen LogP contribution in [0.25, 0.3) is 0 Å². The fraction of sp³-hybridized carbons (Fsp3) is 0.667. The van der Waals surface area contributed by atoms with Crippen LogP contribution in [0.4, 0.5) is 0 Å². The van der Waals surface area contributed by atoms with Gasteiger partial charge in [-0.25, -0.2) is 0 Å². The Bertz CT molecular complexity index is 332. The predicted molar refractivity (Wildman–Crippen MR) is 78.3 cm³/mol. The number of halogens is 1. The first-order valence-electron chi connectivity index (χ1n) is 5.82. The summed E-state index contributed by atoms with van der Waals surface area (Å²) in [5.41, 5.74) is 6.13. The molecule has 4 heteroatoms. The first-order chi connectivity index (χ1) is 7.66. The van der Waals surface area contributed by atoms with Gasteiger partial charge in [0.15, 0.2) is 0 Å². The molecule has 0 radical (unpaired) electrons. The molecule has 2 atom stereocenters. The lowest BCUT2D eigenvalue weighted by atomic mass is 10.2. The molecule has 1 aliphatic carbocycles. The smallest absolute Gasteiger partial charge is 0.0542 e. The second-order valence-corrected chi connectivity index (χ2v) is 7.79. The summed E-state index contributed by atoms with van der Waals surface area (Å²) in [7, 11) is 0. The Morgan fingerprint density at radius 1 is 1.50 bits per heavy atom. The molecule has 2 N–H and O–H groups in total. The quantitative estimate of drug-likeness (QED) is 0.879. The van der Waals surface area contributed by atoms with Gasteiger partial charge < -0.3 is 5.73 Å². The van der Waals surface area contributed by atoms with E-state index < -0.39 is 0 Å². The van der Waals surface area contributed by atoms with Crippen molar-refractivity contribution in [1.29, 1.82) is 0 Å². The number of hydrogen-bond donors (Lipinski definition) is 1. The SMILES string of the molecule is CC(N)C(SC1CCCC1)c1cc(Br)cs1. The Morgan fingerprint density at radius 3 is 2.69 bits per heavy atom. The third-order valence-electron chi connectivity index (χ3n) is 2.99. The van der Waals surface area contributed by atoms with Crippen molar-refractivity contribution >= 4 is 39.0 Å². The van der Waals surface area contributed by atoms with Crippen molar-refractivity contribution in [2.45, 2.75) is 49.1 Å². The molecule has 2 rings (SSSR count). The van der Waals surface area contributed by atoms with Gasteiger partial charge in [0.25, 0.3) is 0 Å². The van der Waals surface area contributed by atoms with Crippen LogP contribution < -0.4 is 5.73 Å².